The van der Waals surface area contributed by atoms with Crippen LogP contribution >= 0.6 is 11.8 Å². The zero-order chi connectivity index (χ0) is 11.2. The number of thioether (sulfide) groups is 1. The van der Waals surface area contributed by atoms with Gasteiger partial charge in [-0.1, -0.05) is 0 Å². The van der Waals surface area contributed by atoms with Gasteiger partial charge in [0.15, 0.2) is 0 Å². The number of aliphatic hydroxyl groups excluding tert-OH is 1. The maximum Gasteiger partial charge on any atom is 0.230 e. The highest BCUT2D eigenvalue weighted by Gasteiger charge is 2.61. The molecule has 0 aliphatic carbocycles. The fourth-order valence-electron chi connectivity index (χ4n) is 2.30. The quantitative estimate of drug-likeness (QED) is 0.699. The number of aliphatic hydroxyl groups is 1. The predicted molar refractivity (Wildman–Crippen MR) is 56.9 cm³/mol. The van der Waals surface area contributed by atoms with Crippen LogP contribution in [0.3, 0.4) is 0 Å². The molecular formula is C10H14N2O2S. The highest BCUT2D eigenvalue weighted by atomic mass is 32.2. The monoisotopic (exact) mass is 226 g/mol. The van der Waals surface area contributed by atoms with E-state index in [4.69, 9.17) is 10.4 Å². The maximum absolute atomic E-state index is 11.7. The van der Waals surface area contributed by atoms with Crippen molar-refractivity contribution >= 4 is 17.7 Å². The van der Waals surface area contributed by atoms with E-state index in [2.05, 4.69) is 6.07 Å². The third-order valence-corrected chi connectivity index (χ3v) is 4.74. The molecule has 0 aromatic heterocycles. The van der Waals surface area contributed by atoms with Gasteiger partial charge in [-0.15, -0.1) is 11.8 Å². The molecule has 5 heteroatoms. The van der Waals surface area contributed by atoms with Gasteiger partial charge in [0.1, 0.15) is 6.04 Å². The average molecular weight is 226 g/mol. The molecule has 0 saturated carbocycles. The van der Waals surface area contributed by atoms with Crippen LogP contribution in [-0.2, 0) is 4.79 Å². The molecule has 0 spiro atoms. The Labute approximate surface area is 93.2 Å². The lowest BCUT2D eigenvalue weighted by Gasteiger charge is -2.42. The SMILES string of the molecule is CC1(C)S[C@@H]2[C@H](CCO)C(=O)N2[C@H]1C#N. The summed E-state index contributed by atoms with van der Waals surface area (Å²) in [7, 11) is 0. The van der Waals surface area contributed by atoms with Crippen LogP contribution in [0.1, 0.15) is 20.3 Å². The largest absolute Gasteiger partial charge is 0.396 e. The van der Waals surface area contributed by atoms with E-state index >= 15 is 0 Å². The number of carbonyl (C=O) groups excluding carboxylic acids is 1. The molecule has 0 radical (unpaired) electrons. The van der Waals surface area contributed by atoms with Crippen molar-refractivity contribution in [3.05, 3.63) is 0 Å². The predicted octanol–water partition coefficient (Wildman–Crippen LogP) is 0.571. The first-order valence-electron chi connectivity index (χ1n) is 5.03. The van der Waals surface area contributed by atoms with Crippen molar-refractivity contribution in [2.24, 2.45) is 5.92 Å². The molecule has 3 atom stereocenters. The third kappa shape index (κ3) is 1.35. The molecule has 0 bridgehead atoms. The minimum atomic E-state index is -0.324. The summed E-state index contributed by atoms with van der Waals surface area (Å²) >= 11 is 1.67. The van der Waals surface area contributed by atoms with Crippen LogP contribution in [0.5, 0.6) is 0 Å². The summed E-state index contributed by atoms with van der Waals surface area (Å²) in [5.41, 5.74) is 0. The minimum Gasteiger partial charge on any atom is -0.396 e. The Morgan fingerprint density at radius 1 is 1.67 bits per heavy atom. The zero-order valence-electron chi connectivity index (χ0n) is 8.80. The topological polar surface area (TPSA) is 64.3 Å². The van der Waals surface area contributed by atoms with Gasteiger partial charge >= 0.3 is 0 Å². The Bertz CT molecular complexity index is 337. The van der Waals surface area contributed by atoms with Crippen LogP contribution in [0.15, 0.2) is 0 Å². The summed E-state index contributed by atoms with van der Waals surface area (Å²) in [4.78, 5) is 13.4. The Kier molecular flexibility index (Phi) is 2.44. The van der Waals surface area contributed by atoms with Gasteiger partial charge in [-0.25, -0.2) is 0 Å². The summed E-state index contributed by atoms with van der Waals surface area (Å²) < 4.78 is -0.195. The van der Waals surface area contributed by atoms with E-state index in [1.54, 1.807) is 16.7 Å². The lowest BCUT2D eigenvalue weighted by Crippen LogP contribution is -2.60. The van der Waals surface area contributed by atoms with Gasteiger partial charge in [0, 0.05) is 11.4 Å². The normalized spacial score (nSPS) is 37.1. The van der Waals surface area contributed by atoms with Gasteiger partial charge in [-0.2, -0.15) is 5.26 Å². The standard InChI is InChI=1S/C10H14N2O2S/c1-10(2)7(5-11)12-8(14)6(3-4-13)9(12)15-10/h6-7,9,13H,3-4H2,1-2H3/t6-,7+,9-/m1/s1. The van der Waals surface area contributed by atoms with Crippen molar-refractivity contribution in [3.63, 3.8) is 0 Å². The fraction of sp³-hybridized carbons (Fsp3) is 0.800. The van der Waals surface area contributed by atoms with E-state index in [9.17, 15) is 4.79 Å². The molecule has 0 aromatic carbocycles. The van der Waals surface area contributed by atoms with Crippen molar-refractivity contribution < 1.29 is 9.90 Å². The molecule has 2 rings (SSSR count). The number of hydrogen-bond donors (Lipinski definition) is 1. The molecule has 2 heterocycles. The summed E-state index contributed by atoms with van der Waals surface area (Å²) in [6.07, 6.45) is 0.515. The van der Waals surface area contributed by atoms with Gasteiger partial charge in [0.25, 0.3) is 0 Å². The van der Waals surface area contributed by atoms with Crippen LogP contribution in [0.25, 0.3) is 0 Å². The summed E-state index contributed by atoms with van der Waals surface area (Å²) in [5.74, 6) is -0.0590. The van der Waals surface area contributed by atoms with Crippen molar-refractivity contribution in [3.8, 4) is 6.07 Å². The van der Waals surface area contributed by atoms with Crippen LogP contribution in [-0.4, -0.2) is 38.7 Å². The lowest BCUT2D eigenvalue weighted by molar-refractivity contribution is -0.152. The summed E-state index contributed by atoms with van der Waals surface area (Å²) in [6.45, 7) is 4.03. The van der Waals surface area contributed by atoms with E-state index in [1.165, 1.54) is 0 Å². The van der Waals surface area contributed by atoms with Gasteiger partial charge < -0.3 is 10.0 Å². The van der Waals surface area contributed by atoms with Gasteiger partial charge in [0.2, 0.25) is 5.91 Å². The second kappa shape index (κ2) is 3.39. The average Bonchev–Trinajstić information content (AvgIpc) is 2.43. The molecule has 15 heavy (non-hydrogen) atoms. The molecule has 1 amide bonds. The second-order valence-corrected chi connectivity index (χ2v) is 6.28. The molecule has 82 valence electrons. The molecule has 2 saturated heterocycles. The van der Waals surface area contributed by atoms with Gasteiger partial charge in [0.05, 0.1) is 17.4 Å². The van der Waals surface area contributed by atoms with E-state index in [-0.39, 0.29) is 34.6 Å². The fourth-order valence-corrected chi connectivity index (χ4v) is 3.97. The first-order chi connectivity index (χ1) is 7.03. The number of rotatable bonds is 2. The van der Waals surface area contributed by atoms with E-state index in [0.29, 0.717) is 6.42 Å². The lowest BCUT2D eigenvalue weighted by atomic mass is 9.90. The molecule has 2 aliphatic heterocycles. The Morgan fingerprint density at radius 2 is 2.33 bits per heavy atom. The number of hydrogen-bond acceptors (Lipinski definition) is 4. The van der Waals surface area contributed by atoms with Crippen LogP contribution in [0, 0.1) is 17.2 Å². The third-order valence-electron chi connectivity index (χ3n) is 3.11. The van der Waals surface area contributed by atoms with Crippen LogP contribution in [0.4, 0.5) is 0 Å². The Balaban J connectivity index is 2.18. The maximum atomic E-state index is 11.7. The van der Waals surface area contributed by atoms with Crippen molar-refractivity contribution in [2.45, 2.75) is 36.4 Å². The van der Waals surface area contributed by atoms with Crippen molar-refractivity contribution in [2.75, 3.05) is 6.61 Å². The first kappa shape index (κ1) is 10.8. The molecule has 2 aliphatic rings. The summed E-state index contributed by atoms with van der Waals surface area (Å²) in [6, 6.07) is 1.88. The van der Waals surface area contributed by atoms with E-state index in [1.807, 2.05) is 13.8 Å². The number of nitriles is 1. The van der Waals surface area contributed by atoms with E-state index in [0.717, 1.165) is 0 Å². The molecule has 2 fully saturated rings. The smallest absolute Gasteiger partial charge is 0.230 e. The van der Waals surface area contributed by atoms with Crippen molar-refractivity contribution in [1.82, 2.24) is 4.90 Å². The molecular weight excluding hydrogens is 212 g/mol. The number of nitrogens with zero attached hydrogens (tertiary/aromatic N) is 2. The van der Waals surface area contributed by atoms with Crippen molar-refractivity contribution in [1.29, 1.82) is 5.26 Å². The molecule has 1 N–H and O–H groups in total. The number of amides is 1. The van der Waals surface area contributed by atoms with Gasteiger partial charge in [-0.05, 0) is 20.3 Å². The highest BCUT2D eigenvalue weighted by molar-refractivity contribution is 8.01. The zero-order valence-corrected chi connectivity index (χ0v) is 9.62. The van der Waals surface area contributed by atoms with Crippen LogP contribution in [0.2, 0.25) is 0 Å². The van der Waals surface area contributed by atoms with Gasteiger partial charge in [-0.3, -0.25) is 4.79 Å². The number of fused-ring (bicyclic) bond motifs is 1. The molecule has 4 nitrogen and oxygen atoms in total. The summed E-state index contributed by atoms with van der Waals surface area (Å²) in [5, 5.41) is 18.0. The molecule has 0 aromatic rings. The number of carbonyl (C=O) groups is 1. The Hall–Kier alpha value is -0.730. The number of β-lactam (4-membered cyclic amide) rings is 1. The highest BCUT2D eigenvalue weighted by Crippen LogP contribution is 2.53. The van der Waals surface area contributed by atoms with E-state index < -0.39 is 0 Å². The molecule has 0 unspecified atom stereocenters. The van der Waals surface area contributed by atoms with Crippen LogP contribution < -0.4 is 0 Å². The minimum absolute atomic E-state index is 0.0266. The first-order valence-corrected chi connectivity index (χ1v) is 5.91. The Morgan fingerprint density at radius 3 is 2.87 bits per heavy atom. The second-order valence-electron chi connectivity index (χ2n) is 4.51.